The predicted molar refractivity (Wildman–Crippen MR) is 53.6 cm³/mol. The third kappa shape index (κ3) is 4.59. The van der Waals surface area contributed by atoms with Crippen LogP contribution in [0.15, 0.2) is 0 Å². The van der Waals surface area contributed by atoms with Gasteiger partial charge in [0.25, 0.3) is 0 Å². The van der Waals surface area contributed by atoms with Crippen LogP contribution in [-0.2, 0) is 9.84 Å². The summed E-state index contributed by atoms with van der Waals surface area (Å²) < 4.78 is 22.8. The summed E-state index contributed by atoms with van der Waals surface area (Å²) in [6.45, 7) is 3.35. The van der Waals surface area contributed by atoms with E-state index in [9.17, 15) is 8.42 Å². The fourth-order valence-electron chi connectivity index (χ4n) is 1.32. The number of likely N-dealkylation sites (N-methyl/N-ethyl adjacent to an activating group) is 1. The van der Waals surface area contributed by atoms with Crippen LogP contribution in [0.2, 0.25) is 0 Å². The van der Waals surface area contributed by atoms with Gasteiger partial charge in [-0.15, -0.1) is 0 Å². The van der Waals surface area contributed by atoms with Crippen LogP contribution in [0, 0.1) is 0 Å². The molecule has 0 bridgehead atoms. The number of hydrogen-bond acceptors (Lipinski definition) is 4. The van der Waals surface area contributed by atoms with E-state index < -0.39 is 9.84 Å². The van der Waals surface area contributed by atoms with E-state index in [1.165, 1.54) is 0 Å². The van der Waals surface area contributed by atoms with Crippen molar-refractivity contribution in [3.8, 4) is 0 Å². The molecule has 1 heterocycles. The molecule has 1 fully saturated rings. The van der Waals surface area contributed by atoms with Crippen molar-refractivity contribution in [3.63, 3.8) is 0 Å². The van der Waals surface area contributed by atoms with Gasteiger partial charge in [0.15, 0.2) is 9.84 Å². The highest BCUT2D eigenvalue weighted by Gasteiger charge is 2.12. The van der Waals surface area contributed by atoms with Crippen molar-refractivity contribution in [3.05, 3.63) is 0 Å². The highest BCUT2D eigenvalue weighted by molar-refractivity contribution is 7.91. The Bertz CT molecular complexity index is 239. The van der Waals surface area contributed by atoms with Crippen molar-refractivity contribution in [1.82, 2.24) is 10.2 Å². The average molecular weight is 206 g/mol. The van der Waals surface area contributed by atoms with Gasteiger partial charge in [-0.2, -0.15) is 0 Å². The Morgan fingerprint density at radius 1 is 1.15 bits per heavy atom. The molecule has 0 aromatic carbocycles. The Kier molecular flexibility index (Phi) is 4.15. The van der Waals surface area contributed by atoms with Crippen LogP contribution in [-0.4, -0.2) is 58.1 Å². The van der Waals surface area contributed by atoms with Gasteiger partial charge in [0.05, 0.1) is 11.5 Å². The molecule has 0 amide bonds. The minimum absolute atomic E-state index is 0.309. The van der Waals surface area contributed by atoms with Gasteiger partial charge < -0.3 is 10.2 Å². The zero-order chi connectivity index (χ0) is 9.73. The van der Waals surface area contributed by atoms with E-state index in [4.69, 9.17) is 0 Å². The molecule has 0 aromatic rings. The van der Waals surface area contributed by atoms with Gasteiger partial charge in [-0.1, -0.05) is 0 Å². The van der Waals surface area contributed by atoms with Gasteiger partial charge >= 0.3 is 0 Å². The quantitative estimate of drug-likeness (QED) is 0.571. The van der Waals surface area contributed by atoms with E-state index >= 15 is 0 Å². The van der Waals surface area contributed by atoms with Gasteiger partial charge in [0.2, 0.25) is 0 Å². The summed E-state index contributed by atoms with van der Waals surface area (Å²) in [7, 11) is -0.840. The lowest BCUT2D eigenvalue weighted by Crippen LogP contribution is -2.35. The van der Waals surface area contributed by atoms with Crippen LogP contribution in [0.25, 0.3) is 0 Å². The number of nitrogens with zero attached hydrogens (tertiary/aromatic N) is 1. The number of hydrogen-bond donors (Lipinski definition) is 1. The lowest BCUT2D eigenvalue weighted by molar-refractivity contribution is 0.347. The molecular weight excluding hydrogens is 188 g/mol. The van der Waals surface area contributed by atoms with E-state index in [1.54, 1.807) is 0 Å². The summed E-state index contributed by atoms with van der Waals surface area (Å²) in [4.78, 5) is 2.05. The van der Waals surface area contributed by atoms with Gasteiger partial charge in [-0.05, 0) is 20.0 Å². The average Bonchev–Trinajstić information content (AvgIpc) is 2.07. The molecule has 1 N–H and O–H groups in total. The summed E-state index contributed by atoms with van der Waals surface area (Å²) in [6, 6.07) is 0. The van der Waals surface area contributed by atoms with Gasteiger partial charge in [-0.3, -0.25) is 0 Å². The van der Waals surface area contributed by atoms with E-state index in [1.807, 2.05) is 7.05 Å². The fourth-order valence-corrected chi connectivity index (χ4v) is 2.70. The molecule has 0 radical (unpaired) electrons. The Morgan fingerprint density at radius 2 is 1.92 bits per heavy atom. The molecule has 0 atom stereocenters. The summed E-state index contributed by atoms with van der Waals surface area (Å²) >= 11 is 0. The summed E-state index contributed by atoms with van der Waals surface area (Å²) in [6.07, 6.45) is 0.742. The number of nitrogens with one attached hydrogen (secondary N) is 1. The largest absolute Gasteiger partial charge is 0.315 e. The topological polar surface area (TPSA) is 49.4 Å². The lowest BCUT2D eigenvalue weighted by atomic mass is 10.4. The van der Waals surface area contributed by atoms with E-state index in [0.717, 1.165) is 26.1 Å². The Balaban J connectivity index is 2.47. The first-order valence-electron chi connectivity index (χ1n) is 4.70. The lowest BCUT2D eigenvalue weighted by Gasteiger charge is -2.18. The van der Waals surface area contributed by atoms with E-state index in [-0.39, 0.29) is 0 Å². The summed E-state index contributed by atoms with van der Waals surface area (Å²) in [5.41, 5.74) is 0. The van der Waals surface area contributed by atoms with Crippen LogP contribution in [0.5, 0.6) is 0 Å². The van der Waals surface area contributed by atoms with Crippen molar-refractivity contribution < 1.29 is 8.42 Å². The minimum atomic E-state index is -2.80. The molecular formula is C8H18N2O2S. The number of rotatable bonds is 0. The normalized spacial score (nSPS) is 26.8. The van der Waals surface area contributed by atoms with Crippen LogP contribution < -0.4 is 5.32 Å². The fraction of sp³-hybridized carbons (Fsp3) is 1.00. The highest BCUT2D eigenvalue weighted by Crippen LogP contribution is 1.96. The maximum absolute atomic E-state index is 11.4. The second-order valence-corrected chi connectivity index (χ2v) is 5.86. The molecule has 0 unspecified atom stereocenters. The van der Waals surface area contributed by atoms with Crippen molar-refractivity contribution in [2.24, 2.45) is 0 Å². The summed E-state index contributed by atoms with van der Waals surface area (Å²) in [5.74, 6) is 0.636. The maximum Gasteiger partial charge on any atom is 0.151 e. The molecule has 1 saturated heterocycles. The first-order valence-corrected chi connectivity index (χ1v) is 6.52. The second kappa shape index (κ2) is 4.93. The molecule has 1 rings (SSSR count). The first kappa shape index (κ1) is 10.9. The van der Waals surface area contributed by atoms with E-state index in [2.05, 4.69) is 10.2 Å². The third-order valence-electron chi connectivity index (χ3n) is 2.26. The zero-order valence-electron chi connectivity index (χ0n) is 8.12. The molecule has 1 aliphatic rings. The van der Waals surface area contributed by atoms with Crippen LogP contribution in [0.4, 0.5) is 0 Å². The smallest absolute Gasteiger partial charge is 0.151 e. The summed E-state index contributed by atoms with van der Waals surface area (Å²) in [5, 5.41) is 3.22. The molecule has 0 aromatic heterocycles. The maximum atomic E-state index is 11.4. The molecule has 0 aliphatic carbocycles. The van der Waals surface area contributed by atoms with E-state index in [0.29, 0.717) is 18.1 Å². The molecule has 0 saturated carbocycles. The zero-order valence-corrected chi connectivity index (χ0v) is 8.94. The Labute approximate surface area is 80.2 Å². The molecule has 4 nitrogen and oxygen atoms in total. The van der Waals surface area contributed by atoms with Crippen molar-refractivity contribution in [2.75, 3.05) is 44.7 Å². The van der Waals surface area contributed by atoms with Gasteiger partial charge in [0.1, 0.15) is 0 Å². The minimum Gasteiger partial charge on any atom is -0.315 e. The van der Waals surface area contributed by atoms with Crippen molar-refractivity contribution >= 4 is 9.84 Å². The SMILES string of the molecule is CN1CCNCCCS(=O)(=O)CC1. The third-order valence-corrected chi connectivity index (χ3v) is 3.98. The second-order valence-electron chi connectivity index (χ2n) is 3.56. The first-order chi connectivity index (χ1) is 6.10. The molecule has 78 valence electrons. The van der Waals surface area contributed by atoms with Crippen LogP contribution in [0.1, 0.15) is 6.42 Å². The number of sulfone groups is 1. The van der Waals surface area contributed by atoms with Crippen molar-refractivity contribution in [2.45, 2.75) is 6.42 Å². The standard InChI is InChI=1S/C8H18N2O2S/c1-10-5-4-9-3-2-7-13(11,12)8-6-10/h9H,2-8H2,1H3. The van der Waals surface area contributed by atoms with Crippen LogP contribution in [0.3, 0.4) is 0 Å². The molecule has 0 spiro atoms. The molecule has 13 heavy (non-hydrogen) atoms. The molecule has 5 heteroatoms. The predicted octanol–water partition coefficient (Wildman–Crippen LogP) is -0.674. The van der Waals surface area contributed by atoms with Crippen molar-refractivity contribution in [1.29, 1.82) is 0 Å². The Hall–Kier alpha value is -0.130. The highest BCUT2D eigenvalue weighted by atomic mass is 32.2. The van der Waals surface area contributed by atoms with Gasteiger partial charge in [-0.25, -0.2) is 8.42 Å². The van der Waals surface area contributed by atoms with Gasteiger partial charge in [0, 0.05) is 19.6 Å². The Morgan fingerprint density at radius 3 is 2.69 bits per heavy atom. The van der Waals surface area contributed by atoms with Crippen LogP contribution >= 0.6 is 0 Å². The monoisotopic (exact) mass is 206 g/mol. The molecule has 1 aliphatic heterocycles.